The fraction of sp³-hybridized carbons (Fsp3) is 0.333. The number of hydrogen-bond acceptors (Lipinski definition) is 3. The zero-order chi connectivity index (χ0) is 14.1. The maximum Gasteiger partial charge on any atom is 0.335 e. The Hall–Kier alpha value is -2.14. The standard InChI is InChI=1S/C15H17N3O2/c1-17-7-5-16-14(17)4-6-18-9-12-3-2-11(15(19)20)8-13(12)10-18/h2-3,5,7-8H,4,6,9-10H2,1H3,(H,19,20). The van der Waals surface area contributed by atoms with Gasteiger partial charge in [0.1, 0.15) is 5.82 Å². The van der Waals surface area contributed by atoms with Gasteiger partial charge in [-0.25, -0.2) is 9.78 Å². The number of carboxylic acid groups (broad SMARTS) is 1. The van der Waals surface area contributed by atoms with Crippen molar-refractivity contribution >= 4 is 5.97 Å². The van der Waals surface area contributed by atoms with Gasteiger partial charge >= 0.3 is 5.97 Å². The van der Waals surface area contributed by atoms with Gasteiger partial charge in [0.25, 0.3) is 0 Å². The first-order valence-electron chi connectivity index (χ1n) is 6.67. The zero-order valence-electron chi connectivity index (χ0n) is 11.4. The minimum atomic E-state index is -0.862. The van der Waals surface area contributed by atoms with Gasteiger partial charge in [-0.3, -0.25) is 4.90 Å². The highest BCUT2D eigenvalue weighted by atomic mass is 16.4. The van der Waals surface area contributed by atoms with E-state index in [4.69, 9.17) is 5.11 Å². The average Bonchev–Trinajstić information content (AvgIpc) is 3.00. The molecule has 0 amide bonds. The number of imidazole rings is 1. The quantitative estimate of drug-likeness (QED) is 0.919. The van der Waals surface area contributed by atoms with Crippen molar-refractivity contribution in [2.24, 2.45) is 7.05 Å². The summed E-state index contributed by atoms with van der Waals surface area (Å²) in [4.78, 5) is 17.6. The van der Waals surface area contributed by atoms with Gasteiger partial charge < -0.3 is 9.67 Å². The Morgan fingerprint density at radius 1 is 1.35 bits per heavy atom. The molecule has 20 heavy (non-hydrogen) atoms. The minimum absolute atomic E-state index is 0.370. The Bertz CT molecular complexity index is 648. The molecule has 1 N–H and O–H groups in total. The van der Waals surface area contributed by atoms with Crippen molar-refractivity contribution in [2.45, 2.75) is 19.5 Å². The van der Waals surface area contributed by atoms with E-state index in [9.17, 15) is 4.79 Å². The summed E-state index contributed by atoms with van der Waals surface area (Å²) in [5, 5.41) is 9.02. The van der Waals surface area contributed by atoms with Crippen LogP contribution >= 0.6 is 0 Å². The summed E-state index contributed by atoms with van der Waals surface area (Å²) < 4.78 is 2.03. The first-order chi connectivity index (χ1) is 9.63. The number of carboxylic acids is 1. The van der Waals surface area contributed by atoms with Crippen molar-refractivity contribution in [1.82, 2.24) is 14.5 Å². The van der Waals surface area contributed by atoms with Crippen LogP contribution in [0.5, 0.6) is 0 Å². The van der Waals surface area contributed by atoms with Crippen LogP contribution in [0.25, 0.3) is 0 Å². The molecule has 1 aromatic heterocycles. The monoisotopic (exact) mass is 271 g/mol. The van der Waals surface area contributed by atoms with Crippen LogP contribution < -0.4 is 0 Å². The van der Waals surface area contributed by atoms with Gasteiger partial charge in [-0.2, -0.15) is 0 Å². The van der Waals surface area contributed by atoms with E-state index in [1.807, 2.05) is 30.1 Å². The van der Waals surface area contributed by atoms with E-state index in [0.717, 1.165) is 37.4 Å². The molecule has 104 valence electrons. The Morgan fingerprint density at radius 3 is 2.85 bits per heavy atom. The molecule has 5 nitrogen and oxygen atoms in total. The van der Waals surface area contributed by atoms with Crippen LogP contribution in [0.15, 0.2) is 30.6 Å². The number of carbonyl (C=O) groups is 1. The molecule has 0 saturated carbocycles. The highest BCUT2D eigenvalue weighted by Crippen LogP contribution is 2.24. The summed E-state index contributed by atoms with van der Waals surface area (Å²) in [6, 6.07) is 5.40. The van der Waals surface area contributed by atoms with Gasteiger partial charge in [0.2, 0.25) is 0 Å². The molecule has 3 rings (SSSR count). The van der Waals surface area contributed by atoms with Crippen molar-refractivity contribution in [3.05, 3.63) is 53.1 Å². The molecule has 0 bridgehead atoms. The second-order valence-electron chi connectivity index (χ2n) is 5.20. The molecule has 0 saturated heterocycles. The first kappa shape index (κ1) is 12.9. The largest absolute Gasteiger partial charge is 0.478 e. The number of hydrogen-bond donors (Lipinski definition) is 1. The summed E-state index contributed by atoms with van der Waals surface area (Å²) in [5.74, 6) is 0.214. The van der Waals surface area contributed by atoms with E-state index < -0.39 is 5.97 Å². The van der Waals surface area contributed by atoms with Crippen LogP contribution in [0, 0.1) is 0 Å². The summed E-state index contributed by atoms with van der Waals surface area (Å²) >= 11 is 0. The van der Waals surface area contributed by atoms with Gasteiger partial charge in [0.15, 0.2) is 0 Å². The van der Waals surface area contributed by atoms with Gasteiger partial charge in [-0.15, -0.1) is 0 Å². The van der Waals surface area contributed by atoms with Crippen molar-refractivity contribution in [3.8, 4) is 0 Å². The number of aryl methyl sites for hydroxylation is 1. The van der Waals surface area contributed by atoms with Crippen molar-refractivity contribution in [2.75, 3.05) is 6.54 Å². The first-order valence-corrected chi connectivity index (χ1v) is 6.67. The molecule has 5 heteroatoms. The normalized spacial score (nSPS) is 14.4. The van der Waals surface area contributed by atoms with E-state index in [1.54, 1.807) is 12.1 Å². The molecular formula is C15H17N3O2. The van der Waals surface area contributed by atoms with Crippen LogP contribution in [-0.2, 0) is 26.6 Å². The number of nitrogens with zero attached hydrogens (tertiary/aromatic N) is 3. The lowest BCUT2D eigenvalue weighted by Gasteiger charge is -2.14. The number of aromatic carboxylic acids is 1. The molecule has 0 spiro atoms. The molecule has 0 atom stereocenters. The summed E-state index contributed by atoms with van der Waals surface area (Å²) in [6.07, 6.45) is 4.67. The molecular weight excluding hydrogens is 254 g/mol. The zero-order valence-corrected chi connectivity index (χ0v) is 11.4. The molecule has 0 aliphatic carbocycles. The van der Waals surface area contributed by atoms with Crippen LogP contribution in [-0.4, -0.2) is 32.1 Å². The lowest BCUT2D eigenvalue weighted by atomic mass is 10.1. The predicted molar refractivity (Wildman–Crippen MR) is 74.4 cm³/mol. The van der Waals surface area contributed by atoms with Crippen LogP contribution in [0.3, 0.4) is 0 Å². The maximum atomic E-state index is 11.0. The highest BCUT2D eigenvalue weighted by molar-refractivity contribution is 5.87. The lowest BCUT2D eigenvalue weighted by Crippen LogP contribution is -2.20. The third kappa shape index (κ3) is 2.44. The molecule has 0 unspecified atom stereocenters. The third-order valence-electron chi connectivity index (χ3n) is 3.81. The van der Waals surface area contributed by atoms with Gasteiger partial charge in [0.05, 0.1) is 5.56 Å². The number of rotatable bonds is 4. The molecule has 1 aliphatic rings. The molecule has 2 aromatic rings. The molecule has 1 aliphatic heterocycles. The summed E-state index contributed by atoms with van der Waals surface area (Å²) in [5.41, 5.74) is 2.73. The van der Waals surface area contributed by atoms with Crippen LogP contribution in [0.2, 0.25) is 0 Å². The van der Waals surface area contributed by atoms with Crippen molar-refractivity contribution in [1.29, 1.82) is 0 Å². The topological polar surface area (TPSA) is 58.4 Å². The second kappa shape index (κ2) is 5.09. The average molecular weight is 271 g/mol. The lowest BCUT2D eigenvalue weighted by molar-refractivity contribution is 0.0696. The Morgan fingerprint density at radius 2 is 2.15 bits per heavy atom. The Labute approximate surface area is 117 Å². The molecule has 0 fully saturated rings. The summed E-state index contributed by atoms with van der Waals surface area (Å²) in [7, 11) is 2.00. The minimum Gasteiger partial charge on any atom is -0.478 e. The van der Waals surface area contributed by atoms with E-state index in [1.165, 1.54) is 5.56 Å². The molecule has 2 heterocycles. The van der Waals surface area contributed by atoms with E-state index in [-0.39, 0.29) is 0 Å². The smallest absolute Gasteiger partial charge is 0.335 e. The van der Waals surface area contributed by atoms with Crippen LogP contribution in [0.1, 0.15) is 27.3 Å². The molecule has 1 aromatic carbocycles. The van der Waals surface area contributed by atoms with Gasteiger partial charge in [-0.1, -0.05) is 6.07 Å². The number of aromatic nitrogens is 2. The van der Waals surface area contributed by atoms with E-state index in [0.29, 0.717) is 5.56 Å². The highest BCUT2D eigenvalue weighted by Gasteiger charge is 2.20. The number of benzene rings is 1. The van der Waals surface area contributed by atoms with E-state index in [2.05, 4.69) is 9.88 Å². The summed E-state index contributed by atoms with van der Waals surface area (Å²) in [6.45, 7) is 2.64. The fourth-order valence-electron chi connectivity index (χ4n) is 2.65. The van der Waals surface area contributed by atoms with Crippen molar-refractivity contribution < 1.29 is 9.90 Å². The fourth-order valence-corrected chi connectivity index (χ4v) is 2.65. The molecule has 0 radical (unpaired) electrons. The van der Waals surface area contributed by atoms with Crippen LogP contribution in [0.4, 0.5) is 0 Å². The second-order valence-corrected chi connectivity index (χ2v) is 5.20. The maximum absolute atomic E-state index is 11.0. The Kier molecular flexibility index (Phi) is 3.28. The number of fused-ring (bicyclic) bond motifs is 1. The van der Waals surface area contributed by atoms with Gasteiger partial charge in [-0.05, 0) is 23.3 Å². The SMILES string of the molecule is Cn1ccnc1CCN1Cc2ccc(C(=O)O)cc2C1. The van der Waals surface area contributed by atoms with E-state index >= 15 is 0 Å². The predicted octanol–water partition coefficient (Wildman–Crippen LogP) is 1.68. The third-order valence-corrected chi connectivity index (χ3v) is 3.81. The van der Waals surface area contributed by atoms with Gasteiger partial charge in [0, 0.05) is 45.5 Å². The Balaban J connectivity index is 1.65. The van der Waals surface area contributed by atoms with Crippen molar-refractivity contribution in [3.63, 3.8) is 0 Å².